The standard InChI is InChI=1S/C19H14BrClN4O/c1-3-12-6-4-7-13-11(2)26-19(23-17(12)13)15-10-16(20)24-25(15)18-14(21)8-5-9-22-18/h4-10H,2-3H2,1H3. The molecule has 26 heavy (non-hydrogen) atoms. The molecule has 1 aliphatic rings. The summed E-state index contributed by atoms with van der Waals surface area (Å²) in [5.74, 6) is 1.46. The van der Waals surface area contributed by atoms with Gasteiger partial charge in [-0.1, -0.05) is 37.2 Å². The van der Waals surface area contributed by atoms with Gasteiger partial charge in [-0.05, 0) is 46.1 Å². The third kappa shape index (κ3) is 2.85. The Morgan fingerprint density at radius 3 is 2.88 bits per heavy atom. The third-order valence-electron chi connectivity index (χ3n) is 4.07. The monoisotopic (exact) mass is 428 g/mol. The SMILES string of the molecule is C=C1OC(c2cc(Br)nn2-c2ncccc2Cl)=Nc2c(CC)cccc21. The Morgan fingerprint density at radius 1 is 1.27 bits per heavy atom. The summed E-state index contributed by atoms with van der Waals surface area (Å²) in [4.78, 5) is 9.08. The van der Waals surface area contributed by atoms with Crippen molar-refractivity contribution in [1.29, 1.82) is 0 Å². The van der Waals surface area contributed by atoms with Gasteiger partial charge in [0, 0.05) is 17.8 Å². The molecule has 0 bridgehead atoms. The number of ether oxygens (including phenoxy) is 1. The molecule has 0 saturated carbocycles. The molecule has 1 aromatic carbocycles. The Morgan fingerprint density at radius 2 is 2.12 bits per heavy atom. The van der Waals surface area contributed by atoms with Crippen molar-refractivity contribution in [3.63, 3.8) is 0 Å². The van der Waals surface area contributed by atoms with Crippen molar-refractivity contribution in [2.45, 2.75) is 13.3 Å². The van der Waals surface area contributed by atoms with E-state index in [0.717, 1.165) is 23.2 Å². The number of aliphatic imine (C=N–C) groups is 1. The Labute approximate surface area is 164 Å². The first kappa shape index (κ1) is 17.0. The molecule has 130 valence electrons. The highest BCUT2D eigenvalue weighted by molar-refractivity contribution is 9.10. The van der Waals surface area contributed by atoms with Gasteiger partial charge in [0.15, 0.2) is 5.82 Å². The van der Waals surface area contributed by atoms with E-state index >= 15 is 0 Å². The number of aryl methyl sites for hydroxylation is 1. The minimum atomic E-state index is 0.406. The van der Waals surface area contributed by atoms with Crippen molar-refractivity contribution in [3.8, 4) is 5.82 Å². The van der Waals surface area contributed by atoms with Gasteiger partial charge in [-0.15, -0.1) is 0 Å². The fraction of sp³-hybridized carbons (Fsp3) is 0.105. The molecule has 0 saturated heterocycles. The van der Waals surface area contributed by atoms with Crippen molar-refractivity contribution in [2.75, 3.05) is 0 Å². The maximum Gasteiger partial charge on any atom is 0.246 e. The van der Waals surface area contributed by atoms with Crippen LogP contribution in [0.15, 0.2) is 58.8 Å². The van der Waals surface area contributed by atoms with Crippen molar-refractivity contribution in [3.05, 3.63) is 75.6 Å². The molecule has 0 N–H and O–H groups in total. The highest BCUT2D eigenvalue weighted by Gasteiger charge is 2.25. The van der Waals surface area contributed by atoms with E-state index in [9.17, 15) is 0 Å². The van der Waals surface area contributed by atoms with E-state index < -0.39 is 0 Å². The lowest BCUT2D eigenvalue weighted by molar-refractivity contribution is 0.500. The van der Waals surface area contributed by atoms with Gasteiger partial charge in [0.25, 0.3) is 0 Å². The van der Waals surface area contributed by atoms with Gasteiger partial charge >= 0.3 is 0 Å². The number of hydrogen-bond donors (Lipinski definition) is 0. The summed E-state index contributed by atoms with van der Waals surface area (Å²) in [5.41, 5.74) is 3.53. The van der Waals surface area contributed by atoms with E-state index in [1.165, 1.54) is 0 Å². The Hall–Kier alpha value is -2.44. The molecular weight excluding hydrogens is 416 g/mol. The van der Waals surface area contributed by atoms with Gasteiger partial charge in [0.1, 0.15) is 16.1 Å². The molecule has 2 aromatic heterocycles. The molecule has 0 amide bonds. The quantitative estimate of drug-likeness (QED) is 0.566. The highest BCUT2D eigenvalue weighted by Crippen LogP contribution is 2.36. The van der Waals surface area contributed by atoms with Crippen LogP contribution >= 0.6 is 27.5 Å². The van der Waals surface area contributed by atoms with E-state index in [2.05, 4.69) is 45.6 Å². The molecular formula is C19H14BrClN4O. The van der Waals surface area contributed by atoms with Gasteiger partial charge in [-0.3, -0.25) is 0 Å². The zero-order valence-corrected chi connectivity index (χ0v) is 16.3. The van der Waals surface area contributed by atoms with Crippen LogP contribution in [0.3, 0.4) is 0 Å². The second kappa shape index (κ2) is 6.70. The van der Waals surface area contributed by atoms with Gasteiger partial charge < -0.3 is 4.74 Å². The summed E-state index contributed by atoms with van der Waals surface area (Å²) >= 11 is 9.71. The summed E-state index contributed by atoms with van der Waals surface area (Å²) in [5, 5.41) is 4.92. The topological polar surface area (TPSA) is 52.3 Å². The van der Waals surface area contributed by atoms with E-state index in [0.29, 0.717) is 32.8 Å². The summed E-state index contributed by atoms with van der Waals surface area (Å²) in [6.45, 7) is 6.14. The normalized spacial score (nSPS) is 13.2. The van der Waals surface area contributed by atoms with E-state index in [1.54, 1.807) is 23.0 Å². The van der Waals surface area contributed by atoms with Crippen molar-refractivity contribution >= 4 is 44.9 Å². The van der Waals surface area contributed by atoms with Crippen LogP contribution in [0.2, 0.25) is 5.02 Å². The van der Waals surface area contributed by atoms with Crippen LogP contribution in [0.4, 0.5) is 5.69 Å². The number of halogens is 2. The fourth-order valence-corrected chi connectivity index (χ4v) is 3.42. The van der Waals surface area contributed by atoms with Crippen LogP contribution in [0.5, 0.6) is 0 Å². The summed E-state index contributed by atoms with van der Waals surface area (Å²) in [7, 11) is 0. The van der Waals surface area contributed by atoms with Crippen molar-refractivity contribution in [2.24, 2.45) is 4.99 Å². The lowest BCUT2D eigenvalue weighted by Crippen LogP contribution is -2.16. The fourth-order valence-electron chi connectivity index (χ4n) is 2.84. The van der Waals surface area contributed by atoms with E-state index in [1.807, 2.05) is 18.2 Å². The zero-order chi connectivity index (χ0) is 18.3. The molecule has 0 unspecified atom stereocenters. The molecule has 1 aliphatic heterocycles. The lowest BCUT2D eigenvalue weighted by Gasteiger charge is -2.20. The first-order chi connectivity index (χ1) is 12.6. The van der Waals surface area contributed by atoms with Crippen LogP contribution in [-0.4, -0.2) is 20.7 Å². The number of aromatic nitrogens is 3. The van der Waals surface area contributed by atoms with Crippen molar-refractivity contribution < 1.29 is 4.74 Å². The van der Waals surface area contributed by atoms with Crippen LogP contribution in [0.1, 0.15) is 23.7 Å². The zero-order valence-electron chi connectivity index (χ0n) is 13.9. The molecule has 3 aromatic rings. The first-order valence-corrected chi connectivity index (χ1v) is 9.20. The smallest absolute Gasteiger partial charge is 0.246 e. The largest absolute Gasteiger partial charge is 0.437 e. The lowest BCUT2D eigenvalue weighted by atomic mass is 10.0. The summed E-state index contributed by atoms with van der Waals surface area (Å²) in [6, 6.07) is 11.3. The number of benzene rings is 1. The predicted molar refractivity (Wildman–Crippen MR) is 106 cm³/mol. The van der Waals surface area contributed by atoms with Crippen LogP contribution in [0, 0.1) is 0 Å². The Bertz CT molecular complexity index is 1060. The van der Waals surface area contributed by atoms with Gasteiger partial charge in [-0.25, -0.2) is 14.7 Å². The maximum atomic E-state index is 6.30. The summed E-state index contributed by atoms with van der Waals surface area (Å²) in [6.07, 6.45) is 2.52. The highest BCUT2D eigenvalue weighted by atomic mass is 79.9. The second-order valence-corrected chi connectivity index (χ2v) is 6.90. The minimum Gasteiger partial charge on any atom is -0.437 e. The Balaban J connectivity index is 1.91. The van der Waals surface area contributed by atoms with Gasteiger partial charge in [0.05, 0.1) is 10.7 Å². The molecule has 0 radical (unpaired) electrons. The average Bonchev–Trinajstić information content (AvgIpc) is 3.03. The maximum absolute atomic E-state index is 6.30. The number of para-hydroxylation sites is 1. The second-order valence-electron chi connectivity index (χ2n) is 5.68. The molecule has 0 aliphatic carbocycles. The first-order valence-electron chi connectivity index (χ1n) is 8.03. The molecule has 4 rings (SSSR count). The molecule has 0 fully saturated rings. The van der Waals surface area contributed by atoms with Crippen LogP contribution in [-0.2, 0) is 11.2 Å². The van der Waals surface area contributed by atoms with Gasteiger partial charge in [-0.2, -0.15) is 5.10 Å². The van der Waals surface area contributed by atoms with E-state index in [4.69, 9.17) is 21.3 Å². The number of rotatable bonds is 3. The number of nitrogens with zero attached hydrogens (tertiary/aromatic N) is 4. The molecule has 7 heteroatoms. The molecule has 3 heterocycles. The minimum absolute atomic E-state index is 0.406. The summed E-state index contributed by atoms with van der Waals surface area (Å²) < 4.78 is 8.15. The number of fused-ring (bicyclic) bond motifs is 1. The van der Waals surface area contributed by atoms with Crippen molar-refractivity contribution in [1.82, 2.24) is 14.8 Å². The number of pyridine rings is 1. The molecule has 0 spiro atoms. The number of hydrogen-bond acceptors (Lipinski definition) is 4. The predicted octanol–water partition coefficient (Wildman–Crippen LogP) is 5.32. The third-order valence-corrected chi connectivity index (χ3v) is 4.75. The molecule has 0 atom stereocenters. The van der Waals surface area contributed by atoms with Crippen LogP contribution < -0.4 is 0 Å². The average molecular weight is 430 g/mol. The van der Waals surface area contributed by atoms with Gasteiger partial charge in [0.2, 0.25) is 5.90 Å². The van der Waals surface area contributed by atoms with E-state index in [-0.39, 0.29) is 0 Å². The Kier molecular flexibility index (Phi) is 4.38. The van der Waals surface area contributed by atoms with Crippen LogP contribution in [0.25, 0.3) is 11.6 Å². The molecule has 5 nitrogen and oxygen atoms in total.